The highest BCUT2D eigenvalue weighted by Gasteiger charge is 2.09. The fourth-order valence-electron chi connectivity index (χ4n) is 1.50. The van der Waals surface area contributed by atoms with Crippen LogP contribution in [0.15, 0.2) is 22.4 Å². The number of halogens is 1. The van der Waals surface area contributed by atoms with Crippen LogP contribution in [0.3, 0.4) is 0 Å². The molecule has 0 saturated carbocycles. The highest BCUT2D eigenvalue weighted by atomic mass is 35.5. The van der Waals surface area contributed by atoms with Crippen LogP contribution in [0.2, 0.25) is 5.02 Å². The Hall–Kier alpha value is -1.24. The average Bonchev–Trinajstić information content (AvgIpc) is 2.66. The average molecular weight is 314 g/mol. The summed E-state index contributed by atoms with van der Waals surface area (Å²) in [4.78, 5) is 15.2. The van der Waals surface area contributed by atoms with Crippen LogP contribution in [0.5, 0.6) is 0 Å². The number of nitrogen functional groups attached to an aromatic ring is 1. The van der Waals surface area contributed by atoms with Crippen LogP contribution in [0, 0.1) is 6.92 Å². The minimum atomic E-state index is -0.479. The van der Waals surface area contributed by atoms with E-state index in [0.29, 0.717) is 21.5 Å². The number of amides is 1. The van der Waals surface area contributed by atoms with Crippen molar-refractivity contribution in [2.45, 2.75) is 16.9 Å². The maximum absolute atomic E-state index is 11.0. The predicted octanol–water partition coefficient (Wildman–Crippen LogP) is 3.08. The molecule has 0 fully saturated rings. The molecule has 2 rings (SSSR count). The van der Waals surface area contributed by atoms with Crippen LogP contribution in [-0.2, 0) is 5.75 Å². The third-order valence-electron chi connectivity index (χ3n) is 2.47. The van der Waals surface area contributed by atoms with Crippen LogP contribution in [0.4, 0.5) is 5.13 Å². The molecule has 0 spiro atoms. The van der Waals surface area contributed by atoms with E-state index in [2.05, 4.69) is 4.98 Å². The number of hydrogen-bond acceptors (Lipinski definition) is 5. The van der Waals surface area contributed by atoms with Gasteiger partial charge in [-0.15, -0.1) is 11.8 Å². The van der Waals surface area contributed by atoms with Gasteiger partial charge in [0.2, 0.25) is 5.91 Å². The third kappa shape index (κ3) is 3.40. The van der Waals surface area contributed by atoms with Gasteiger partial charge in [-0.25, -0.2) is 4.98 Å². The third-order valence-corrected chi connectivity index (χ3v) is 5.22. The maximum Gasteiger partial charge on any atom is 0.248 e. The van der Waals surface area contributed by atoms with Gasteiger partial charge in [-0.1, -0.05) is 29.0 Å². The summed E-state index contributed by atoms with van der Waals surface area (Å²) >= 11 is 9.21. The molecule has 7 heteroatoms. The normalized spacial score (nSPS) is 10.6. The van der Waals surface area contributed by atoms with E-state index in [0.717, 1.165) is 15.5 Å². The van der Waals surface area contributed by atoms with E-state index >= 15 is 0 Å². The van der Waals surface area contributed by atoms with Crippen LogP contribution in [0.1, 0.15) is 21.6 Å². The maximum atomic E-state index is 11.0. The summed E-state index contributed by atoms with van der Waals surface area (Å²) in [5.41, 5.74) is 13.1. The number of thiazole rings is 1. The number of aryl methyl sites for hydroxylation is 1. The van der Waals surface area contributed by atoms with E-state index in [-0.39, 0.29) is 0 Å². The molecule has 1 amide bonds. The predicted molar refractivity (Wildman–Crippen MR) is 80.8 cm³/mol. The molecule has 4 nitrogen and oxygen atoms in total. The molecule has 0 radical (unpaired) electrons. The van der Waals surface area contributed by atoms with Gasteiger partial charge >= 0.3 is 0 Å². The van der Waals surface area contributed by atoms with Crippen molar-refractivity contribution in [1.29, 1.82) is 0 Å². The Bertz CT molecular complexity index is 627. The molecule has 1 heterocycles. The van der Waals surface area contributed by atoms with Crippen LogP contribution in [-0.4, -0.2) is 10.9 Å². The summed E-state index contributed by atoms with van der Waals surface area (Å²) < 4.78 is 1.08. The van der Waals surface area contributed by atoms with Crippen molar-refractivity contribution in [2.75, 3.05) is 5.73 Å². The van der Waals surface area contributed by atoms with Gasteiger partial charge in [-0.2, -0.15) is 0 Å². The topological polar surface area (TPSA) is 82.0 Å². The molecule has 0 aliphatic carbocycles. The molecule has 0 bridgehead atoms. The highest BCUT2D eigenvalue weighted by Crippen LogP contribution is 2.34. The smallest absolute Gasteiger partial charge is 0.248 e. The number of hydrogen-bond donors (Lipinski definition) is 2. The first-order valence-corrected chi connectivity index (χ1v) is 7.59. The second kappa shape index (κ2) is 5.81. The first-order valence-electron chi connectivity index (χ1n) is 5.41. The summed E-state index contributed by atoms with van der Waals surface area (Å²) in [6.45, 7) is 1.92. The fourth-order valence-corrected chi connectivity index (χ4v) is 3.85. The van der Waals surface area contributed by atoms with Crippen molar-refractivity contribution in [3.8, 4) is 0 Å². The quantitative estimate of drug-likeness (QED) is 0.850. The van der Waals surface area contributed by atoms with Crippen molar-refractivity contribution < 1.29 is 4.79 Å². The van der Waals surface area contributed by atoms with E-state index in [1.165, 1.54) is 11.3 Å². The lowest BCUT2D eigenvalue weighted by atomic mass is 10.1. The molecule has 4 N–H and O–H groups in total. The first kappa shape index (κ1) is 14.2. The van der Waals surface area contributed by atoms with Crippen molar-refractivity contribution in [3.63, 3.8) is 0 Å². The van der Waals surface area contributed by atoms with Crippen molar-refractivity contribution >= 4 is 45.7 Å². The molecule has 0 unspecified atom stereocenters. The standard InChI is InChI=1S/C12H12ClN3OS2/c1-6-11(19-12(15)16-6)18-5-8-3-2-7(10(14)17)4-9(8)13/h2-4H,5H2,1H3,(H2,14,17)(H2,15,16). The van der Waals surface area contributed by atoms with Gasteiger partial charge < -0.3 is 11.5 Å². The van der Waals surface area contributed by atoms with Gasteiger partial charge in [0.15, 0.2) is 5.13 Å². The van der Waals surface area contributed by atoms with E-state index in [1.54, 1.807) is 23.9 Å². The second-order valence-corrected chi connectivity index (χ2v) is 6.57. The summed E-state index contributed by atoms with van der Waals surface area (Å²) in [7, 11) is 0. The van der Waals surface area contributed by atoms with Gasteiger partial charge in [-0.05, 0) is 24.6 Å². The monoisotopic (exact) mass is 313 g/mol. The molecule has 0 saturated heterocycles. The largest absolute Gasteiger partial charge is 0.375 e. The van der Waals surface area contributed by atoms with E-state index in [9.17, 15) is 4.79 Å². The van der Waals surface area contributed by atoms with E-state index in [4.69, 9.17) is 23.1 Å². The van der Waals surface area contributed by atoms with Crippen LogP contribution in [0.25, 0.3) is 0 Å². The lowest BCUT2D eigenvalue weighted by molar-refractivity contribution is 0.100. The summed E-state index contributed by atoms with van der Waals surface area (Å²) in [6.07, 6.45) is 0. The summed E-state index contributed by atoms with van der Waals surface area (Å²) in [5, 5.41) is 1.11. The minimum Gasteiger partial charge on any atom is -0.375 e. The number of nitrogens with two attached hydrogens (primary N) is 2. The Morgan fingerprint density at radius 3 is 2.79 bits per heavy atom. The fraction of sp³-hybridized carbons (Fsp3) is 0.167. The van der Waals surface area contributed by atoms with Gasteiger partial charge in [-0.3, -0.25) is 4.79 Å². The van der Waals surface area contributed by atoms with E-state index < -0.39 is 5.91 Å². The molecule has 100 valence electrons. The Balaban J connectivity index is 2.12. The highest BCUT2D eigenvalue weighted by molar-refractivity contribution is 8.00. The number of rotatable bonds is 4. The van der Waals surface area contributed by atoms with Crippen LogP contribution < -0.4 is 11.5 Å². The zero-order valence-corrected chi connectivity index (χ0v) is 12.5. The molecule has 1 aromatic carbocycles. The van der Waals surface area contributed by atoms with E-state index in [1.807, 2.05) is 13.0 Å². The molecule has 0 aliphatic rings. The van der Waals surface area contributed by atoms with Crippen LogP contribution >= 0.6 is 34.7 Å². The lowest BCUT2D eigenvalue weighted by Crippen LogP contribution is -2.10. The number of aromatic nitrogens is 1. The van der Waals surface area contributed by atoms with Gasteiger partial charge in [0, 0.05) is 16.3 Å². The Morgan fingerprint density at radius 2 is 2.26 bits per heavy atom. The van der Waals surface area contributed by atoms with Crippen molar-refractivity contribution in [1.82, 2.24) is 4.98 Å². The number of nitrogens with zero attached hydrogens (tertiary/aromatic N) is 1. The molecular weight excluding hydrogens is 302 g/mol. The Kier molecular flexibility index (Phi) is 4.34. The Labute approximate surface area is 124 Å². The van der Waals surface area contributed by atoms with Gasteiger partial charge in [0.1, 0.15) is 0 Å². The molecule has 1 aromatic heterocycles. The number of anilines is 1. The number of carbonyl (C=O) groups is 1. The zero-order chi connectivity index (χ0) is 14.0. The molecular formula is C12H12ClN3OS2. The van der Waals surface area contributed by atoms with Crippen molar-refractivity contribution in [3.05, 3.63) is 40.0 Å². The zero-order valence-electron chi connectivity index (χ0n) is 10.1. The first-order chi connectivity index (χ1) is 8.97. The number of primary amides is 1. The van der Waals surface area contributed by atoms with Crippen molar-refractivity contribution in [2.24, 2.45) is 5.73 Å². The number of benzene rings is 1. The van der Waals surface area contributed by atoms with Gasteiger partial charge in [0.25, 0.3) is 0 Å². The minimum absolute atomic E-state index is 0.414. The molecule has 2 aromatic rings. The lowest BCUT2D eigenvalue weighted by Gasteiger charge is -2.05. The summed E-state index contributed by atoms with van der Waals surface area (Å²) in [5.74, 6) is 0.215. The molecule has 19 heavy (non-hydrogen) atoms. The Morgan fingerprint density at radius 1 is 1.53 bits per heavy atom. The SMILES string of the molecule is Cc1nc(N)sc1SCc1ccc(C(N)=O)cc1Cl. The summed E-state index contributed by atoms with van der Waals surface area (Å²) in [6, 6.07) is 5.08. The molecule has 0 atom stereocenters. The second-order valence-electron chi connectivity index (χ2n) is 3.88. The molecule has 0 aliphatic heterocycles. The van der Waals surface area contributed by atoms with Gasteiger partial charge in [0.05, 0.1) is 9.90 Å². The number of carbonyl (C=O) groups excluding carboxylic acids is 1. The number of thioether (sulfide) groups is 1.